The van der Waals surface area contributed by atoms with Gasteiger partial charge in [0, 0.05) is 24.7 Å². The molecule has 1 aromatic rings. The van der Waals surface area contributed by atoms with Gasteiger partial charge in [0.05, 0.1) is 19.3 Å². The van der Waals surface area contributed by atoms with E-state index in [1.54, 1.807) is 0 Å². The van der Waals surface area contributed by atoms with E-state index in [0.717, 1.165) is 6.42 Å². The molecule has 0 bridgehead atoms. The average molecular weight is 385 g/mol. The minimum absolute atomic E-state index is 0.00121. The molecule has 4 heteroatoms. The molecule has 0 radical (unpaired) electrons. The van der Waals surface area contributed by atoms with Crippen molar-refractivity contribution in [3.63, 3.8) is 0 Å². The molecule has 3 rings (SSSR count). The molecule has 0 fully saturated rings. The highest BCUT2D eigenvalue weighted by Crippen LogP contribution is 2.30. The van der Waals surface area contributed by atoms with Crippen LogP contribution in [0.15, 0.2) is 54.1 Å². The van der Waals surface area contributed by atoms with Crippen LogP contribution in [0.4, 0.5) is 0 Å². The van der Waals surface area contributed by atoms with Gasteiger partial charge in [-0.05, 0) is 18.9 Å². The van der Waals surface area contributed by atoms with E-state index in [0.29, 0.717) is 26.1 Å². The lowest BCUT2D eigenvalue weighted by atomic mass is 9.88. The van der Waals surface area contributed by atoms with Crippen LogP contribution in [-0.4, -0.2) is 30.9 Å². The zero-order valence-corrected chi connectivity index (χ0v) is 17.2. The van der Waals surface area contributed by atoms with E-state index in [1.807, 2.05) is 18.2 Å². The van der Waals surface area contributed by atoms with E-state index >= 15 is 0 Å². The molecule has 2 aliphatic heterocycles. The van der Waals surface area contributed by atoms with Gasteiger partial charge in [-0.25, -0.2) is 0 Å². The zero-order chi connectivity index (χ0) is 19.9. The van der Waals surface area contributed by atoms with Crippen LogP contribution in [0.5, 0.6) is 0 Å². The summed E-state index contributed by atoms with van der Waals surface area (Å²) in [6, 6.07) is 10.2. The van der Waals surface area contributed by atoms with Crippen molar-refractivity contribution < 1.29 is 19.0 Å². The number of carbonyl (C=O) groups is 1. The molecule has 28 heavy (non-hydrogen) atoms. The molecule has 0 unspecified atom stereocenters. The Kier molecular flexibility index (Phi) is 7.46. The second-order valence-corrected chi connectivity index (χ2v) is 8.11. The van der Waals surface area contributed by atoms with E-state index < -0.39 is 0 Å². The summed E-state index contributed by atoms with van der Waals surface area (Å²) in [5.74, 6) is 0.349. The van der Waals surface area contributed by atoms with Crippen LogP contribution in [0.25, 0.3) is 0 Å². The Morgan fingerprint density at radius 2 is 2.04 bits per heavy atom. The van der Waals surface area contributed by atoms with Crippen LogP contribution in [0, 0.1) is 11.8 Å². The number of allylic oxidation sites excluding steroid dienone is 1. The molecule has 152 valence electrons. The number of esters is 1. The normalized spacial score (nSPS) is 32.4. The Balaban J connectivity index is 1.68. The third-order valence-corrected chi connectivity index (χ3v) is 5.45. The van der Waals surface area contributed by atoms with Crippen molar-refractivity contribution >= 4 is 5.97 Å². The summed E-state index contributed by atoms with van der Waals surface area (Å²) in [7, 11) is 0. The van der Waals surface area contributed by atoms with Crippen LogP contribution in [0.2, 0.25) is 0 Å². The Labute approximate surface area is 168 Å². The lowest BCUT2D eigenvalue weighted by molar-refractivity contribution is -0.162. The molecular weight excluding hydrogens is 352 g/mol. The molecule has 0 saturated carbocycles. The molecule has 0 N–H and O–H groups in total. The minimum Gasteiger partial charge on any atom is -0.459 e. The molecule has 0 aliphatic carbocycles. The standard InChI is InChI=1S/C24H32O4/c1-17-13-18(2)24(19(3)15-26-16-20-9-5-4-6-10-20)28-21-11-7-8-12-23(25)27-22(21)14-17/h4-7,9-11,13,18-19,21-22,24H,8,12,14-16H2,1-3H3/b11-7-,17-13-/t18-,19-,21-,22-,24+/m1/s1. The molecule has 2 heterocycles. The highest BCUT2D eigenvalue weighted by Gasteiger charge is 2.34. The maximum absolute atomic E-state index is 12.0. The van der Waals surface area contributed by atoms with Gasteiger partial charge in [-0.1, -0.05) is 68.0 Å². The smallest absolute Gasteiger partial charge is 0.306 e. The molecule has 5 atom stereocenters. The molecule has 0 aromatic heterocycles. The fraction of sp³-hybridized carbons (Fsp3) is 0.542. The maximum atomic E-state index is 12.0. The van der Waals surface area contributed by atoms with Crippen molar-refractivity contribution in [1.82, 2.24) is 0 Å². The van der Waals surface area contributed by atoms with Gasteiger partial charge in [-0.2, -0.15) is 0 Å². The summed E-state index contributed by atoms with van der Waals surface area (Å²) < 4.78 is 18.2. The van der Waals surface area contributed by atoms with Crippen LogP contribution in [-0.2, 0) is 25.6 Å². The molecule has 0 saturated heterocycles. The highest BCUT2D eigenvalue weighted by atomic mass is 16.6. The van der Waals surface area contributed by atoms with E-state index in [4.69, 9.17) is 14.2 Å². The maximum Gasteiger partial charge on any atom is 0.306 e. The minimum atomic E-state index is -0.257. The van der Waals surface area contributed by atoms with Gasteiger partial charge in [-0.3, -0.25) is 4.79 Å². The van der Waals surface area contributed by atoms with E-state index in [1.165, 1.54) is 11.1 Å². The summed E-state index contributed by atoms with van der Waals surface area (Å²) >= 11 is 0. The van der Waals surface area contributed by atoms with Gasteiger partial charge in [0.2, 0.25) is 0 Å². The summed E-state index contributed by atoms with van der Waals surface area (Å²) in [6.45, 7) is 7.71. The SMILES string of the molecule is C/C1=C/[C@@H](C)[C@@H]([C@H](C)COCc2ccccc2)O[C@@H]2/C=C\CCC(=O)O[C@@H]2C1. The average Bonchev–Trinajstić information content (AvgIpc) is 2.65. The lowest BCUT2D eigenvalue weighted by Crippen LogP contribution is -2.42. The molecule has 4 nitrogen and oxygen atoms in total. The van der Waals surface area contributed by atoms with E-state index in [9.17, 15) is 4.79 Å². The molecule has 0 amide bonds. The van der Waals surface area contributed by atoms with Crippen molar-refractivity contribution in [2.24, 2.45) is 11.8 Å². The molecule has 1 aromatic carbocycles. The zero-order valence-electron chi connectivity index (χ0n) is 17.2. The van der Waals surface area contributed by atoms with Crippen molar-refractivity contribution in [3.05, 3.63) is 59.7 Å². The predicted octanol–water partition coefficient (Wildman–Crippen LogP) is 4.84. The van der Waals surface area contributed by atoms with Gasteiger partial charge < -0.3 is 14.2 Å². The number of hydrogen-bond donors (Lipinski definition) is 0. The first-order valence-electron chi connectivity index (χ1n) is 10.3. The first-order chi connectivity index (χ1) is 13.5. The van der Waals surface area contributed by atoms with E-state index in [-0.39, 0.29) is 36.1 Å². The number of hydrogen-bond acceptors (Lipinski definition) is 4. The van der Waals surface area contributed by atoms with Crippen LogP contribution in [0.3, 0.4) is 0 Å². The number of ether oxygens (including phenoxy) is 3. The van der Waals surface area contributed by atoms with Gasteiger partial charge in [0.1, 0.15) is 12.2 Å². The summed E-state index contributed by atoms with van der Waals surface area (Å²) in [6.07, 6.45) is 7.78. The Bertz CT molecular complexity index is 694. The van der Waals surface area contributed by atoms with Crippen molar-refractivity contribution in [1.29, 1.82) is 0 Å². The second-order valence-electron chi connectivity index (χ2n) is 8.11. The van der Waals surface area contributed by atoms with Gasteiger partial charge in [0.15, 0.2) is 0 Å². The molecule has 2 aliphatic rings. The topological polar surface area (TPSA) is 44.8 Å². The quantitative estimate of drug-likeness (QED) is 0.538. The lowest BCUT2D eigenvalue weighted by Gasteiger charge is -2.37. The number of carbonyl (C=O) groups excluding carboxylic acids is 1. The highest BCUT2D eigenvalue weighted by molar-refractivity contribution is 5.70. The third kappa shape index (κ3) is 5.79. The fourth-order valence-electron chi connectivity index (χ4n) is 4.06. The van der Waals surface area contributed by atoms with Crippen LogP contribution < -0.4 is 0 Å². The monoisotopic (exact) mass is 384 g/mol. The number of fused-ring (bicyclic) bond motifs is 1. The fourth-order valence-corrected chi connectivity index (χ4v) is 4.06. The number of benzene rings is 1. The molecule has 0 spiro atoms. The van der Waals surface area contributed by atoms with Crippen molar-refractivity contribution in [3.8, 4) is 0 Å². The Morgan fingerprint density at radius 1 is 1.25 bits per heavy atom. The van der Waals surface area contributed by atoms with Crippen LogP contribution >= 0.6 is 0 Å². The van der Waals surface area contributed by atoms with Crippen LogP contribution in [0.1, 0.15) is 45.6 Å². The van der Waals surface area contributed by atoms with Crippen molar-refractivity contribution in [2.45, 2.75) is 65.0 Å². The summed E-state index contributed by atoms with van der Waals surface area (Å²) in [5.41, 5.74) is 2.42. The first-order valence-corrected chi connectivity index (χ1v) is 10.3. The summed E-state index contributed by atoms with van der Waals surface area (Å²) in [4.78, 5) is 12.0. The van der Waals surface area contributed by atoms with Gasteiger partial charge in [-0.15, -0.1) is 0 Å². The molecular formula is C24H32O4. The largest absolute Gasteiger partial charge is 0.459 e. The van der Waals surface area contributed by atoms with E-state index in [2.05, 4.69) is 51.1 Å². The van der Waals surface area contributed by atoms with Gasteiger partial charge >= 0.3 is 5.97 Å². The third-order valence-electron chi connectivity index (χ3n) is 5.45. The van der Waals surface area contributed by atoms with Gasteiger partial charge in [0.25, 0.3) is 0 Å². The number of rotatable bonds is 5. The predicted molar refractivity (Wildman–Crippen MR) is 110 cm³/mol. The Morgan fingerprint density at radius 3 is 2.82 bits per heavy atom. The summed E-state index contributed by atoms with van der Waals surface area (Å²) in [5, 5.41) is 0. The van der Waals surface area contributed by atoms with Crippen molar-refractivity contribution in [2.75, 3.05) is 6.61 Å². The Hall–Kier alpha value is -1.91. The first kappa shape index (κ1) is 20.8. The second kappa shape index (κ2) is 10.0.